The molecule has 8 heteroatoms. The average Bonchev–Trinajstić information content (AvgIpc) is 2.76. The number of nitrogen functional groups attached to an aromatic ring is 1. The van der Waals surface area contributed by atoms with Gasteiger partial charge in [-0.3, -0.25) is 0 Å². The maximum Gasteiger partial charge on any atom is 0.205 e. The van der Waals surface area contributed by atoms with Crippen LogP contribution in [0.15, 0.2) is 6.33 Å². The summed E-state index contributed by atoms with van der Waals surface area (Å²) >= 11 is 0. The Balaban J connectivity index is 2.11. The Morgan fingerprint density at radius 3 is 2.89 bits per heavy atom. The standard InChI is InChI=1S/C11H19N5O3/c1-7-11(17,3-4-19-7)5-13-9-8(18-2)10(16-12)15-6-14-9/h6-7,17H,3-5,12H2,1-2H3,(H2,13,14,15,16). The first-order valence-electron chi connectivity index (χ1n) is 6.04. The van der Waals surface area contributed by atoms with Crippen LogP contribution in [0.3, 0.4) is 0 Å². The smallest absolute Gasteiger partial charge is 0.205 e. The Morgan fingerprint density at radius 2 is 2.32 bits per heavy atom. The fraction of sp³-hybridized carbons (Fsp3) is 0.636. The maximum absolute atomic E-state index is 10.4. The number of methoxy groups -OCH3 is 1. The van der Waals surface area contributed by atoms with Crippen LogP contribution in [0.1, 0.15) is 13.3 Å². The van der Waals surface area contributed by atoms with Crippen LogP contribution in [0.25, 0.3) is 0 Å². The molecule has 2 atom stereocenters. The van der Waals surface area contributed by atoms with Gasteiger partial charge in [0.25, 0.3) is 0 Å². The molecule has 0 amide bonds. The molecular weight excluding hydrogens is 250 g/mol. The van der Waals surface area contributed by atoms with Gasteiger partial charge in [0.15, 0.2) is 11.6 Å². The Kier molecular flexibility index (Phi) is 4.03. The van der Waals surface area contributed by atoms with Crippen LogP contribution in [-0.4, -0.2) is 47.0 Å². The van der Waals surface area contributed by atoms with Crippen molar-refractivity contribution in [3.05, 3.63) is 6.33 Å². The predicted molar refractivity (Wildman–Crippen MR) is 69.9 cm³/mol. The lowest BCUT2D eigenvalue weighted by molar-refractivity contribution is -0.0176. The van der Waals surface area contributed by atoms with E-state index < -0.39 is 5.60 Å². The minimum absolute atomic E-state index is 0.222. The van der Waals surface area contributed by atoms with Crippen molar-refractivity contribution < 1.29 is 14.6 Å². The second-order valence-electron chi connectivity index (χ2n) is 4.47. The SMILES string of the molecule is COc1c(NN)ncnc1NCC1(O)CCOC1C. The first kappa shape index (κ1) is 13.8. The highest BCUT2D eigenvalue weighted by atomic mass is 16.5. The van der Waals surface area contributed by atoms with Gasteiger partial charge in [-0.1, -0.05) is 0 Å². The summed E-state index contributed by atoms with van der Waals surface area (Å²) in [6.07, 6.45) is 1.72. The molecule has 1 saturated heterocycles. The van der Waals surface area contributed by atoms with E-state index in [4.69, 9.17) is 15.3 Å². The highest BCUT2D eigenvalue weighted by molar-refractivity contribution is 5.63. The van der Waals surface area contributed by atoms with Crippen molar-refractivity contribution in [2.75, 3.05) is 31.0 Å². The third-order valence-electron chi connectivity index (χ3n) is 3.37. The Bertz CT molecular complexity index is 444. The summed E-state index contributed by atoms with van der Waals surface area (Å²) in [5.74, 6) is 6.59. The van der Waals surface area contributed by atoms with Crippen molar-refractivity contribution in [3.8, 4) is 5.75 Å². The Labute approximate surface area is 111 Å². The summed E-state index contributed by atoms with van der Waals surface area (Å²) in [7, 11) is 1.50. The van der Waals surface area contributed by atoms with Gasteiger partial charge in [-0.15, -0.1) is 0 Å². The van der Waals surface area contributed by atoms with Crippen molar-refractivity contribution in [2.24, 2.45) is 5.84 Å². The van der Waals surface area contributed by atoms with Crippen molar-refractivity contribution in [3.63, 3.8) is 0 Å². The van der Waals surface area contributed by atoms with E-state index in [0.717, 1.165) is 0 Å². The fourth-order valence-electron chi connectivity index (χ4n) is 2.04. The van der Waals surface area contributed by atoms with Crippen molar-refractivity contribution in [1.82, 2.24) is 9.97 Å². The van der Waals surface area contributed by atoms with Crippen molar-refractivity contribution in [2.45, 2.75) is 25.0 Å². The number of ether oxygens (including phenoxy) is 2. The second kappa shape index (κ2) is 5.55. The summed E-state index contributed by atoms with van der Waals surface area (Å²) in [6, 6.07) is 0. The quantitative estimate of drug-likeness (QED) is 0.426. The third kappa shape index (κ3) is 2.70. The lowest BCUT2D eigenvalue weighted by Gasteiger charge is -2.26. The topological polar surface area (TPSA) is 115 Å². The molecule has 0 aliphatic carbocycles. The lowest BCUT2D eigenvalue weighted by Crippen LogP contribution is -2.43. The van der Waals surface area contributed by atoms with Crippen LogP contribution >= 0.6 is 0 Å². The highest BCUT2D eigenvalue weighted by Gasteiger charge is 2.39. The van der Waals surface area contributed by atoms with Gasteiger partial charge >= 0.3 is 0 Å². The average molecular weight is 269 g/mol. The van der Waals surface area contributed by atoms with E-state index in [9.17, 15) is 5.11 Å². The molecule has 0 saturated carbocycles. The normalized spacial score (nSPS) is 26.2. The number of hydrogen-bond donors (Lipinski definition) is 4. The molecular formula is C11H19N5O3. The van der Waals surface area contributed by atoms with E-state index in [1.807, 2.05) is 6.92 Å². The molecule has 5 N–H and O–H groups in total. The van der Waals surface area contributed by atoms with Gasteiger partial charge in [-0.25, -0.2) is 15.8 Å². The molecule has 0 radical (unpaired) electrons. The molecule has 106 valence electrons. The summed E-state index contributed by atoms with van der Waals surface area (Å²) in [6.45, 7) is 2.71. The molecule has 2 unspecified atom stereocenters. The number of nitrogens with two attached hydrogens (primary N) is 1. The Hall–Kier alpha value is -1.64. The van der Waals surface area contributed by atoms with Gasteiger partial charge in [0, 0.05) is 19.6 Å². The summed E-state index contributed by atoms with van der Waals surface area (Å²) in [5, 5.41) is 13.4. The number of rotatable bonds is 5. The number of anilines is 2. The Morgan fingerprint density at radius 1 is 1.58 bits per heavy atom. The number of nitrogens with zero attached hydrogens (tertiary/aromatic N) is 2. The van der Waals surface area contributed by atoms with Gasteiger partial charge in [-0.05, 0) is 6.92 Å². The molecule has 1 aromatic rings. The number of hydrogen-bond acceptors (Lipinski definition) is 8. The zero-order valence-corrected chi connectivity index (χ0v) is 11.0. The van der Waals surface area contributed by atoms with Crippen LogP contribution < -0.4 is 21.3 Å². The highest BCUT2D eigenvalue weighted by Crippen LogP contribution is 2.30. The van der Waals surface area contributed by atoms with Crippen LogP contribution in [-0.2, 0) is 4.74 Å². The van der Waals surface area contributed by atoms with Gasteiger partial charge in [0.1, 0.15) is 11.9 Å². The third-order valence-corrected chi connectivity index (χ3v) is 3.37. The minimum Gasteiger partial charge on any atom is -0.490 e. The molecule has 8 nitrogen and oxygen atoms in total. The van der Waals surface area contributed by atoms with E-state index in [2.05, 4.69) is 20.7 Å². The largest absolute Gasteiger partial charge is 0.490 e. The second-order valence-corrected chi connectivity index (χ2v) is 4.47. The molecule has 19 heavy (non-hydrogen) atoms. The van der Waals surface area contributed by atoms with E-state index in [-0.39, 0.29) is 6.10 Å². The van der Waals surface area contributed by atoms with E-state index in [0.29, 0.717) is 37.0 Å². The fourth-order valence-corrected chi connectivity index (χ4v) is 2.04. The van der Waals surface area contributed by atoms with E-state index in [1.54, 1.807) is 0 Å². The summed E-state index contributed by atoms with van der Waals surface area (Å²) in [5.41, 5.74) is 1.52. The molecule has 0 spiro atoms. The molecule has 2 rings (SSSR count). The van der Waals surface area contributed by atoms with Crippen molar-refractivity contribution >= 4 is 11.6 Å². The molecule has 1 aliphatic heterocycles. The maximum atomic E-state index is 10.4. The monoisotopic (exact) mass is 269 g/mol. The molecule has 1 fully saturated rings. The molecule has 0 aromatic carbocycles. The summed E-state index contributed by atoms with van der Waals surface area (Å²) in [4.78, 5) is 8.02. The number of aliphatic hydroxyl groups is 1. The number of aromatic nitrogens is 2. The molecule has 1 aliphatic rings. The van der Waals surface area contributed by atoms with Gasteiger partial charge < -0.3 is 25.3 Å². The lowest BCUT2D eigenvalue weighted by atomic mass is 9.97. The molecule has 0 bridgehead atoms. The zero-order valence-electron chi connectivity index (χ0n) is 11.0. The van der Waals surface area contributed by atoms with Crippen molar-refractivity contribution in [1.29, 1.82) is 0 Å². The minimum atomic E-state index is -0.910. The number of hydrazine groups is 1. The first-order valence-corrected chi connectivity index (χ1v) is 6.04. The predicted octanol–water partition coefficient (Wildman–Crippen LogP) is -0.277. The van der Waals surface area contributed by atoms with Crippen LogP contribution in [0, 0.1) is 0 Å². The summed E-state index contributed by atoms with van der Waals surface area (Å²) < 4.78 is 10.6. The van der Waals surface area contributed by atoms with Crippen LogP contribution in [0.2, 0.25) is 0 Å². The first-order chi connectivity index (χ1) is 9.10. The van der Waals surface area contributed by atoms with Crippen LogP contribution in [0.5, 0.6) is 5.75 Å². The molecule has 2 heterocycles. The van der Waals surface area contributed by atoms with Gasteiger partial charge in [0.05, 0.1) is 13.2 Å². The van der Waals surface area contributed by atoms with Gasteiger partial charge in [0.2, 0.25) is 5.75 Å². The van der Waals surface area contributed by atoms with Crippen LogP contribution in [0.4, 0.5) is 11.6 Å². The zero-order chi connectivity index (χ0) is 13.9. The number of nitrogens with one attached hydrogen (secondary N) is 2. The van der Waals surface area contributed by atoms with E-state index in [1.165, 1.54) is 13.4 Å². The van der Waals surface area contributed by atoms with E-state index >= 15 is 0 Å². The van der Waals surface area contributed by atoms with Gasteiger partial charge in [-0.2, -0.15) is 0 Å². The molecule has 1 aromatic heterocycles.